The van der Waals surface area contributed by atoms with E-state index in [0.717, 1.165) is 37.6 Å². The van der Waals surface area contributed by atoms with Crippen LogP contribution in [0.2, 0.25) is 0 Å². The number of halogens is 1. The Morgan fingerprint density at radius 2 is 1.76 bits per heavy atom. The van der Waals surface area contributed by atoms with Gasteiger partial charge in [-0.3, -0.25) is 4.79 Å². The molecule has 0 fully saturated rings. The molecule has 0 spiro atoms. The molecule has 0 saturated carbocycles. The third-order valence-corrected chi connectivity index (χ3v) is 7.32. The molecule has 0 aliphatic heterocycles. The lowest BCUT2D eigenvalue weighted by Gasteiger charge is -2.08. The van der Waals surface area contributed by atoms with Gasteiger partial charge < -0.3 is 5.32 Å². The van der Waals surface area contributed by atoms with Crippen LogP contribution in [0.4, 0.5) is 10.1 Å². The van der Waals surface area contributed by atoms with Crippen molar-refractivity contribution in [3.8, 4) is 21.1 Å². The van der Waals surface area contributed by atoms with E-state index in [1.54, 1.807) is 12.1 Å². The van der Waals surface area contributed by atoms with Gasteiger partial charge in [-0.1, -0.05) is 48.2 Å². The molecule has 0 bridgehead atoms. The topological polar surface area (TPSA) is 67.8 Å². The minimum atomic E-state index is -0.276. The zero-order chi connectivity index (χ0) is 23.5. The molecule has 0 radical (unpaired) electrons. The molecule has 0 aliphatic rings. The van der Waals surface area contributed by atoms with Gasteiger partial charge in [0, 0.05) is 16.6 Å². The molecule has 0 aliphatic carbocycles. The summed E-state index contributed by atoms with van der Waals surface area (Å²) in [6, 6.07) is 23.8. The number of thiazole rings is 1. The first-order chi connectivity index (χ1) is 16.6. The Morgan fingerprint density at radius 1 is 0.971 bits per heavy atom. The number of thioether (sulfide) groups is 1. The predicted octanol–water partition coefficient (Wildman–Crippen LogP) is 6.60. The van der Waals surface area contributed by atoms with Gasteiger partial charge in [0.05, 0.1) is 16.3 Å². The summed E-state index contributed by atoms with van der Waals surface area (Å²) >= 11 is 2.82. The van der Waals surface area contributed by atoms with Gasteiger partial charge in [-0.2, -0.15) is 0 Å². The second-order valence-electron chi connectivity index (χ2n) is 7.56. The Bertz CT molecular complexity index is 1460. The number of fused-ring (bicyclic) bond motifs is 1. The number of nitrogens with one attached hydrogen (secondary N) is 1. The number of carbonyl (C=O) groups excluding carboxylic acids is 1. The van der Waals surface area contributed by atoms with E-state index in [2.05, 4.69) is 20.5 Å². The molecule has 5 aromatic rings. The molecular formula is C26H19FN4OS2. The lowest BCUT2D eigenvalue weighted by atomic mass is 10.1. The van der Waals surface area contributed by atoms with E-state index in [4.69, 9.17) is 0 Å². The van der Waals surface area contributed by atoms with Crippen LogP contribution >= 0.6 is 23.1 Å². The fourth-order valence-electron chi connectivity index (χ4n) is 3.53. The maximum absolute atomic E-state index is 13.2. The molecule has 8 heteroatoms. The van der Waals surface area contributed by atoms with Crippen molar-refractivity contribution >= 4 is 45.5 Å². The van der Waals surface area contributed by atoms with E-state index in [1.165, 1.54) is 35.2 Å². The van der Waals surface area contributed by atoms with E-state index >= 15 is 0 Å². The van der Waals surface area contributed by atoms with Crippen LogP contribution in [0.5, 0.6) is 0 Å². The van der Waals surface area contributed by atoms with Crippen LogP contribution in [0.25, 0.3) is 31.9 Å². The lowest BCUT2D eigenvalue weighted by molar-refractivity contribution is -0.113. The van der Waals surface area contributed by atoms with Gasteiger partial charge in [0.1, 0.15) is 21.5 Å². The van der Waals surface area contributed by atoms with Gasteiger partial charge in [-0.05, 0) is 54.8 Å². The van der Waals surface area contributed by atoms with Gasteiger partial charge in [0.2, 0.25) is 5.91 Å². The number of amides is 1. The van der Waals surface area contributed by atoms with E-state index in [-0.39, 0.29) is 17.5 Å². The molecule has 0 atom stereocenters. The largest absolute Gasteiger partial charge is 0.325 e. The number of hydrogen-bond donors (Lipinski definition) is 1. The first-order valence-corrected chi connectivity index (χ1v) is 12.3. The van der Waals surface area contributed by atoms with Crippen LogP contribution in [0.15, 0.2) is 83.9 Å². The van der Waals surface area contributed by atoms with Gasteiger partial charge in [-0.15, -0.1) is 21.5 Å². The quantitative estimate of drug-likeness (QED) is 0.274. The predicted molar refractivity (Wildman–Crippen MR) is 137 cm³/mol. The number of aryl methyl sites for hydroxylation is 1. The van der Waals surface area contributed by atoms with Crippen molar-refractivity contribution in [2.75, 3.05) is 11.1 Å². The van der Waals surface area contributed by atoms with Crippen LogP contribution in [-0.2, 0) is 4.79 Å². The van der Waals surface area contributed by atoms with Gasteiger partial charge in [0.15, 0.2) is 0 Å². The summed E-state index contributed by atoms with van der Waals surface area (Å²) in [7, 11) is 0. The molecular weight excluding hydrogens is 467 g/mol. The molecule has 2 heterocycles. The van der Waals surface area contributed by atoms with Crippen LogP contribution in [-0.4, -0.2) is 26.8 Å². The molecule has 2 aromatic heterocycles. The number of hydrogen-bond acceptors (Lipinski definition) is 6. The highest BCUT2D eigenvalue weighted by atomic mass is 32.2. The molecule has 34 heavy (non-hydrogen) atoms. The van der Waals surface area contributed by atoms with Crippen molar-refractivity contribution in [1.82, 2.24) is 15.2 Å². The highest BCUT2D eigenvalue weighted by molar-refractivity contribution is 7.99. The minimum absolute atomic E-state index is 0.102. The van der Waals surface area contributed by atoms with Crippen molar-refractivity contribution in [3.05, 3.63) is 90.4 Å². The highest BCUT2D eigenvalue weighted by Crippen LogP contribution is 2.34. The van der Waals surface area contributed by atoms with Crippen LogP contribution < -0.4 is 5.32 Å². The summed E-state index contributed by atoms with van der Waals surface area (Å²) < 4.78 is 13.2. The zero-order valence-electron chi connectivity index (χ0n) is 18.2. The second kappa shape index (κ2) is 9.70. The normalized spacial score (nSPS) is 11.0. The molecule has 1 amide bonds. The average Bonchev–Trinajstić information content (AvgIpc) is 3.25. The highest BCUT2D eigenvalue weighted by Gasteiger charge is 2.14. The van der Waals surface area contributed by atoms with Crippen molar-refractivity contribution in [2.24, 2.45) is 0 Å². The maximum atomic E-state index is 13.2. The summed E-state index contributed by atoms with van der Waals surface area (Å²) in [6.45, 7) is 1.92. The van der Waals surface area contributed by atoms with Crippen molar-refractivity contribution < 1.29 is 9.18 Å². The first kappa shape index (κ1) is 22.2. The summed E-state index contributed by atoms with van der Waals surface area (Å²) in [5, 5.41) is 15.2. The molecule has 1 N–H and O–H groups in total. The fourth-order valence-corrected chi connectivity index (χ4v) is 5.18. The van der Waals surface area contributed by atoms with Crippen LogP contribution in [0.1, 0.15) is 5.69 Å². The molecule has 0 saturated heterocycles. The molecule has 168 valence electrons. The first-order valence-electron chi connectivity index (χ1n) is 10.5. The number of aromatic nitrogens is 3. The molecule has 5 rings (SSSR count). The summed E-state index contributed by atoms with van der Waals surface area (Å²) in [5.41, 5.74) is 3.21. The molecule has 3 aromatic carbocycles. The van der Waals surface area contributed by atoms with Crippen molar-refractivity contribution in [1.29, 1.82) is 0 Å². The van der Waals surface area contributed by atoms with E-state index in [0.29, 0.717) is 10.7 Å². The number of nitrogens with zero attached hydrogens (tertiary/aromatic N) is 3. The van der Waals surface area contributed by atoms with Crippen molar-refractivity contribution in [3.63, 3.8) is 0 Å². The number of carbonyl (C=O) groups is 1. The number of anilines is 1. The fraction of sp³-hybridized carbons (Fsp3) is 0.0769. The van der Waals surface area contributed by atoms with E-state index in [1.807, 2.05) is 61.5 Å². The van der Waals surface area contributed by atoms with Crippen LogP contribution in [0.3, 0.4) is 0 Å². The van der Waals surface area contributed by atoms with Gasteiger partial charge in [-0.25, -0.2) is 9.37 Å². The average molecular weight is 487 g/mol. The standard InChI is InChI=1S/C26H19FN4OS2/c1-16-25(34-26(28-16)18-9-11-19(27)12-10-18)22-13-14-24(31-30-22)33-15-23(32)29-21-8-4-6-17-5-2-3-7-20(17)21/h2-14H,15H2,1H3,(H,29,32). The van der Waals surface area contributed by atoms with Gasteiger partial charge >= 0.3 is 0 Å². The van der Waals surface area contributed by atoms with Gasteiger partial charge in [0.25, 0.3) is 0 Å². The number of rotatable bonds is 6. The maximum Gasteiger partial charge on any atom is 0.234 e. The SMILES string of the molecule is Cc1nc(-c2ccc(F)cc2)sc1-c1ccc(SCC(=O)Nc2cccc3ccccc23)nn1. The molecule has 0 unspecified atom stereocenters. The third kappa shape index (κ3) is 4.83. The Balaban J connectivity index is 1.24. The Labute approximate surface area is 204 Å². The smallest absolute Gasteiger partial charge is 0.234 e. The Kier molecular flexibility index (Phi) is 6.33. The summed E-state index contributed by atoms with van der Waals surface area (Å²) in [6.07, 6.45) is 0. The minimum Gasteiger partial charge on any atom is -0.325 e. The van der Waals surface area contributed by atoms with Crippen LogP contribution in [0, 0.1) is 12.7 Å². The van der Waals surface area contributed by atoms with E-state index < -0.39 is 0 Å². The second-order valence-corrected chi connectivity index (χ2v) is 9.56. The third-order valence-electron chi connectivity index (χ3n) is 5.18. The Hall–Kier alpha value is -3.62. The van der Waals surface area contributed by atoms with Crippen molar-refractivity contribution in [2.45, 2.75) is 11.9 Å². The summed E-state index contributed by atoms with van der Waals surface area (Å²) in [5.74, 6) is -0.151. The van der Waals surface area contributed by atoms with E-state index in [9.17, 15) is 9.18 Å². The lowest BCUT2D eigenvalue weighted by Crippen LogP contribution is -2.14. The zero-order valence-corrected chi connectivity index (χ0v) is 19.8. The number of benzene rings is 3. The molecule has 5 nitrogen and oxygen atoms in total. The monoisotopic (exact) mass is 486 g/mol. The summed E-state index contributed by atoms with van der Waals surface area (Å²) in [4.78, 5) is 18.0. The Morgan fingerprint density at radius 3 is 2.56 bits per heavy atom.